The lowest BCUT2D eigenvalue weighted by molar-refractivity contribution is 0.0945. The predicted octanol–water partition coefficient (Wildman–Crippen LogP) is 5.53. The second-order valence-corrected chi connectivity index (χ2v) is 8.59. The fourth-order valence-electron chi connectivity index (χ4n) is 2.94. The lowest BCUT2D eigenvalue weighted by Gasteiger charge is -2.13. The van der Waals surface area contributed by atoms with Crippen LogP contribution in [0.15, 0.2) is 34.9 Å². The van der Waals surface area contributed by atoms with Crippen LogP contribution >= 0.6 is 39.1 Å². The number of aliphatic hydroxyl groups is 1. The van der Waals surface area contributed by atoms with Crippen molar-refractivity contribution in [3.63, 3.8) is 0 Å². The van der Waals surface area contributed by atoms with Crippen LogP contribution in [-0.4, -0.2) is 27.6 Å². The summed E-state index contributed by atoms with van der Waals surface area (Å²) in [5, 5.41) is 20.8. The summed E-state index contributed by atoms with van der Waals surface area (Å²) in [4.78, 5) is 19.8. The average Bonchev–Trinajstić information content (AvgIpc) is 3.16. The SMILES string of the molecule is N#Cc1cc(Cl)cc(Oc2c(Cl)ccc(CNC(=O)c3nc(CCCCO)[nH]c3Br)c2F)c1. The Labute approximate surface area is 207 Å². The number of hydrogen-bond acceptors (Lipinski definition) is 5. The van der Waals surface area contributed by atoms with Gasteiger partial charge in [0.15, 0.2) is 17.3 Å². The average molecular weight is 556 g/mol. The van der Waals surface area contributed by atoms with E-state index in [1.165, 1.54) is 30.3 Å². The molecule has 2 aromatic carbocycles. The number of carbonyl (C=O) groups is 1. The zero-order valence-corrected chi connectivity index (χ0v) is 20.2. The molecule has 0 fully saturated rings. The van der Waals surface area contributed by atoms with Crippen LogP contribution in [0.1, 0.15) is 40.3 Å². The topological polar surface area (TPSA) is 111 Å². The first-order valence-corrected chi connectivity index (χ1v) is 11.4. The molecule has 0 aliphatic heterocycles. The zero-order valence-electron chi connectivity index (χ0n) is 17.1. The largest absolute Gasteiger partial charge is 0.453 e. The first-order chi connectivity index (χ1) is 15.8. The van der Waals surface area contributed by atoms with Crippen molar-refractivity contribution in [1.82, 2.24) is 15.3 Å². The van der Waals surface area contributed by atoms with E-state index in [0.717, 1.165) is 6.42 Å². The number of carbonyl (C=O) groups excluding carboxylic acids is 1. The minimum absolute atomic E-state index is 0.0172. The number of ether oxygens (including phenoxy) is 1. The molecule has 172 valence electrons. The fourth-order valence-corrected chi connectivity index (χ4v) is 3.84. The Morgan fingerprint density at radius 2 is 2.09 bits per heavy atom. The van der Waals surface area contributed by atoms with Crippen molar-refractivity contribution in [2.24, 2.45) is 0 Å². The molecule has 0 aliphatic carbocycles. The van der Waals surface area contributed by atoms with E-state index in [2.05, 4.69) is 31.2 Å². The van der Waals surface area contributed by atoms with Crippen molar-refractivity contribution in [3.05, 3.63) is 73.4 Å². The Hall–Kier alpha value is -2.64. The number of unbranched alkanes of at least 4 members (excludes halogenated alkanes) is 1. The fraction of sp³-hybridized carbons (Fsp3) is 0.227. The van der Waals surface area contributed by atoms with E-state index >= 15 is 4.39 Å². The number of amides is 1. The summed E-state index contributed by atoms with van der Waals surface area (Å²) in [5.74, 6) is -0.757. The highest BCUT2D eigenvalue weighted by Gasteiger charge is 2.19. The number of rotatable bonds is 9. The minimum atomic E-state index is -0.757. The molecule has 3 rings (SSSR count). The number of benzene rings is 2. The lowest BCUT2D eigenvalue weighted by Crippen LogP contribution is -2.24. The molecule has 7 nitrogen and oxygen atoms in total. The first-order valence-electron chi connectivity index (χ1n) is 9.81. The highest BCUT2D eigenvalue weighted by molar-refractivity contribution is 9.10. The number of halogens is 4. The summed E-state index contributed by atoms with van der Waals surface area (Å²) in [6.45, 7) is -0.0549. The third-order valence-electron chi connectivity index (χ3n) is 4.53. The maximum atomic E-state index is 15.1. The molecule has 0 spiro atoms. The predicted molar refractivity (Wildman–Crippen MR) is 125 cm³/mol. The van der Waals surface area contributed by atoms with Crippen LogP contribution in [0.25, 0.3) is 0 Å². The molecule has 33 heavy (non-hydrogen) atoms. The summed E-state index contributed by atoms with van der Waals surface area (Å²) in [7, 11) is 0. The molecule has 0 aliphatic rings. The second-order valence-electron chi connectivity index (χ2n) is 6.95. The number of aliphatic hydroxyl groups excluding tert-OH is 1. The van der Waals surface area contributed by atoms with Crippen LogP contribution in [0.2, 0.25) is 10.0 Å². The van der Waals surface area contributed by atoms with E-state index < -0.39 is 11.7 Å². The molecule has 1 amide bonds. The van der Waals surface area contributed by atoms with Crippen LogP contribution in [0.4, 0.5) is 4.39 Å². The summed E-state index contributed by atoms with van der Waals surface area (Å²) in [6.07, 6.45) is 1.93. The van der Waals surface area contributed by atoms with Gasteiger partial charge in [-0.1, -0.05) is 29.3 Å². The Balaban J connectivity index is 1.73. The maximum absolute atomic E-state index is 15.1. The molecule has 0 bridgehead atoms. The molecular weight excluding hydrogens is 538 g/mol. The Kier molecular flexibility index (Phi) is 8.69. The highest BCUT2D eigenvalue weighted by atomic mass is 79.9. The van der Waals surface area contributed by atoms with Crippen molar-refractivity contribution in [1.29, 1.82) is 5.26 Å². The Morgan fingerprint density at radius 1 is 1.30 bits per heavy atom. The van der Waals surface area contributed by atoms with Gasteiger partial charge in [-0.15, -0.1) is 0 Å². The smallest absolute Gasteiger partial charge is 0.272 e. The first kappa shape index (κ1) is 25.0. The third-order valence-corrected chi connectivity index (χ3v) is 5.62. The Morgan fingerprint density at radius 3 is 2.82 bits per heavy atom. The number of imidazole rings is 1. The number of nitrogens with one attached hydrogen (secondary N) is 2. The molecule has 1 heterocycles. The van der Waals surface area contributed by atoms with E-state index in [1.807, 2.05) is 6.07 Å². The summed E-state index contributed by atoms with van der Waals surface area (Å²) in [5.41, 5.74) is 0.528. The van der Waals surface area contributed by atoms with E-state index in [9.17, 15) is 4.79 Å². The van der Waals surface area contributed by atoms with Gasteiger partial charge in [-0.05, 0) is 53.0 Å². The summed E-state index contributed by atoms with van der Waals surface area (Å²) in [6, 6.07) is 9.10. The Bertz CT molecular complexity index is 1210. The number of nitrogens with zero attached hydrogens (tertiary/aromatic N) is 2. The van der Waals surface area contributed by atoms with E-state index in [0.29, 0.717) is 23.3 Å². The standard InChI is InChI=1S/C22H18BrCl2FN4O3/c23-21-19(29-17(30-21)3-1-2-6-31)22(32)28-11-13-4-5-16(25)20(18(13)26)33-15-8-12(10-27)7-14(24)9-15/h4-5,7-9,31H,1-3,6,11H2,(H,28,32)(H,29,30). The molecule has 3 N–H and O–H groups in total. The van der Waals surface area contributed by atoms with Gasteiger partial charge in [0.2, 0.25) is 0 Å². The zero-order chi connectivity index (χ0) is 24.0. The maximum Gasteiger partial charge on any atom is 0.272 e. The number of aromatic nitrogens is 2. The summed E-state index contributed by atoms with van der Waals surface area (Å²) < 4.78 is 21.1. The van der Waals surface area contributed by atoms with Gasteiger partial charge < -0.3 is 20.1 Å². The van der Waals surface area contributed by atoms with Crippen LogP contribution < -0.4 is 10.1 Å². The number of hydrogen-bond donors (Lipinski definition) is 3. The van der Waals surface area contributed by atoms with Crippen molar-refractivity contribution < 1.29 is 19.0 Å². The molecule has 0 atom stereocenters. The lowest BCUT2D eigenvalue weighted by atomic mass is 10.2. The van der Waals surface area contributed by atoms with Gasteiger partial charge in [0.1, 0.15) is 16.2 Å². The number of aryl methyl sites for hydroxylation is 1. The number of H-pyrrole nitrogens is 1. The van der Waals surface area contributed by atoms with Gasteiger partial charge in [-0.3, -0.25) is 4.79 Å². The number of nitriles is 1. The molecule has 0 saturated heterocycles. The molecule has 3 aromatic rings. The molecule has 0 unspecified atom stereocenters. The van der Waals surface area contributed by atoms with Crippen molar-refractivity contribution in [3.8, 4) is 17.6 Å². The van der Waals surface area contributed by atoms with Crippen molar-refractivity contribution in [2.45, 2.75) is 25.8 Å². The van der Waals surface area contributed by atoms with Gasteiger partial charge in [-0.2, -0.15) is 5.26 Å². The van der Waals surface area contributed by atoms with Crippen LogP contribution in [-0.2, 0) is 13.0 Å². The van der Waals surface area contributed by atoms with Gasteiger partial charge >= 0.3 is 0 Å². The molecule has 1 aromatic heterocycles. The van der Waals surface area contributed by atoms with E-state index in [4.69, 9.17) is 38.3 Å². The van der Waals surface area contributed by atoms with Gasteiger partial charge in [0.05, 0.1) is 16.7 Å². The minimum Gasteiger partial charge on any atom is -0.453 e. The monoisotopic (exact) mass is 554 g/mol. The van der Waals surface area contributed by atoms with Crippen LogP contribution in [0, 0.1) is 17.1 Å². The third kappa shape index (κ3) is 6.45. The normalized spacial score (nSPS) is 10.7. The van der Waals surface area contributed by atoms with Crippen molar-refractivity contribution in [2.75, 3.05) is 6.61 Å². The molecule has 11 heteroatoms. The highest BCUT2D eigenvalue weighted by Crippen LogP contribution is 2.35. The van der Waals surface area contributed by atoms with Gasteiger partial charge in [-0.25, -0.2) is 9.37 Å². The van der Waals surface area contributed by atoms with Gasteiger partial charge in [0.25, 0.3) is 5.91 Å². The number of aromatic amines is 1. The molecule has 0 radical (unpaired) electrons. The van der Waals surface area contributed by atoms with Crippen molar-refractivity contribution >= 4 is 45.0 Å². The van der Waals surface area contributed by atoms with E-state index in [-0.39, 0.29) is 51.5 Å². The molecular formula is C22H18BrCl2FN4O3. The molecule has 0 saturated carbocycles. The van der Waals surface area contributed by atoms with Crippen LogP contribution in [0.3, 0.4) is 0 Å². The quantitative estimate of drug-likeness (QED) is 0.301. The second kappa shape index (κ2) is 11.5. The van der Waals surface area contributed by atoms with Crippen LogP contribution in [0.5, 0.6) is 11.5 Å². The summed E-state index contributed by atoms with van der Waals surface area (Å²) >= 11 is 15.4. The van der Waals surface area contributed by atoms with Gasteiger partial charge in [0, 0.05) is 30.2 Å². The van der Waals surface area contributed by atoms with E-state index in [1.54, 1.807) is 0 Å².